The molecule has 1 saturated heterocycles. The molecule has 2 fully saturated rings. The van der Waals surface area contributed by atoms with Crippen LogP contribution in [0, 0.1) is 11.8 Å². The van der Waals surface area contributed by atoms with Gasteiger partial charge in [0.25, 0.3) is 0 Å². The molecule has 0 amide bonds. The van der Waals surface area contributed by atoms with Gasteiger partial charge in [0.1, 0.15) is 0 Å². The molecule has 0 aromatic heterocycles. The lowest BCUT2D eigenvalue weighted by Gasteiger charge is -2.15. The maximum absolute atomic E-state index is 3.36. The molecule has 1 aliphatic carbocycles. The van der Waals surface area contributed by atoms with Crippen molar-refractivity contribution >= 4 is 0 Å². The lowest BCUT2D eigenvalue weighted by atomic mass is 10.3. The fourth-order valence-electron chi connectivity index (χ4n) is 2.22. The third-order valence-corrected chi connectivity index (χ3v) is 3.45. The van der Waals surface area contributed by atoms with Crippen LogP contribution in [0.1, 0.15) is 19.8 Å². The molecule has 70 valence electrons. The molecule has 1 N–H and O–H groups in total. The predicted molar refractivity (Wildman–Crippen MR) is 51.2 cm³/mol. The highest BCUT2D eigenvalue weighted by Gasteiger charge is 2.35. The SMILES string of the molecule is CNC1CCN(CC2CC2C)C1. The van der Waals surface area contributed by atoms with Crippen molar-refractivity contribution in [1.82, 2.24) is 10.2 Å². The smallest absolute Gasteiger partial charge is 0.0204 e. The lowest BCUT2D eigenvalue weighted by Crippen LogP contribution is -2.30. The van der Waals surface area contributed by atoms with E-state index in [2.05, 4.69) is 24.2 Å². The van der Waals surface area contributed by atoms with Gasteiger partial charge in [0.15, 0.2) is 0 Å². The minimum Gasteiger partial charge on any atom is -0.316 e. The fourth-order valence-corrected chi connectivity index (χ4v) is 2.22. The molecule has 1 aliphatic heterocycles. The lowest BCUT2D eigenvalue weighted by molar-refractivity contribution is 0.311. The molecule has 2 nitrogen and oxygen atoms in total. The van der Waals surface area contributed by atoms with Crippen molar-refractivity contribution in [2.24, 2.45) is 11.8 Å². The summed E-state index contributed by atoms with van der Waals surface area (Å²) in [5, 5.41) is 3.36. The zero-order valence-electron chi connectivity index (χ0n) is 8.21. The van der Waals surface area contributed by atoms with Crippen molar-refractivity contribution in [3.05, 3.63) is 0 Å². The fraction of sp³-hybridized carbons (Fsp3) is 1.00. The highest BCUT2D eigenvalue weighted by atomic mass is 15.2. The molecule has 0 spiro atoms. The summed E-state index contributed by atoms with van der Waals surface area (Å²) in [5.41, 5.74) is 0. The van der Waals surface area contributed by atoms with Crippen molar-refractivity contribution in [2.75, 3.05) is 26.7 Å². The third kappa shape index (κ3) is 1.80. The van der Waals surface area contributed by atoms with E-state index in [0.717, 1.165) is 17.9 Å². The van der Waals surface area contributed by atoms with Crippen LogP contribution in [0.3, 0.4) is 0 Å². The van der Waals surface area contributed by atoms with E-state index < -0.39 is 0 Å². The van der Waals surface area contributed by atoms with Gasteiger partial charge in [-0.05, 0) is 38.3 Å². The Balaban J connectivity index is 1.69. The van der Waals surface area contributed by atoms with E-state index in [1.54, 1.807) is 0 Å². The molecular weight excluding hydrogens is 148 g/mol. The van der Waals surface area contributed by atoms with Gasteiger partial charge in [0.2, 0.25) is 0 Å². The summed E-state index contributed by atoms with van der Waals surface area (Å²) in [7, 11) is 2.08. The normalized spacial score (nSPS) is 42.0. The van der Waals surface area contributed by atoms with Gasteiger partial charge >= 0.3 is 0 Å². The van der Waals surface area contributed by atoms with Gasteiger partial charge in [-0.3, -0.25) is 0 Å². The maximum atomic E-state index is 3.36. The largest absolute Gasteiger partial charge is 0.316 e. The van der Waals surface area contributed by atoms with Gasteiger partial charge in [0, 0.05) is 19.1 Å². The van der Waals surface area contributed by atoms with E-state index in [1.165, 1.54) is 32.5 Å². The quantitative estimate of drug-likeness (QED) is 0.674. The Bertz CT molecular complexity index is 158. The zero-order chi connectivity index (χ0) is 8.55. The van der Waals surface area contributed by atoms with Gasteiger partial charge in [-0.15, -0.1) is 0 Å². The van der Waals surface area contributed by atoms with Crippen LogP contribution in [0.15, 0.2) is 0 Å². The summed E-state index contributed by atoms with van der Waals surface area (Å²) in [6, 6.07) is 0.763. The van der Waals surface area contributed by atoms with E-state index in [9.17, 15) is 0 Å². The van der Waals surface area contributed by atoms with E-state index >= 15 is 0 Å². The predicted octanol–water partition coefficient (Wildman–Crippen LogP) is 0.936. The summed E-state index contributed by atoms with van der Waals surface area (Å²) in [4.78, 5) is 2.62. The van der Waals surface area contributed by atoms with Crippen molar-refractivity contribution in [2.45, 2.75) is 25.8 Å². The van der Waals surface area contributed by atoms with Gasteiger partial charge in [-0.2, -0.15) is 0 Å². The van der Waals surface area contributed by atoms with E-state index in [4.69, 9.17) is 0 Å². The van der Waals surface area contributed by atoms with Gasteiger partial charge in [-0.1, -0.05) is 6.92 Å². The van der Waals surface area contributed by atoms with E-state index in [1.807, 2.05) is 0 Å². The number of likely N-dealkylation sites (tertiary alicyclic amines) is 1. The second kappa shape index (κ2) is 3.35. The number of rotatable bonds is 3. The first-order valence-corrected chi connectivity index (χ1v) is 5.19. The molecule has 12 heavy (non-hydrogen) atoms. The Morgan fingerprint density at radius 1 is 1.50 bits per heavy atom. The Hall–Kier alpha value is -0.0800. The summed E-state index contributed by atoms with van der Waals surface area (Å²) < 4.78 is 0. The van der Waals surface area contributed by atoms with Crippen LogP contribution in [0.4, 0.5) is 0 Å². The maximum Gasteiger partial charge on any atom is 0.0204 e. The zero-order valence-corrected chi connectivity index (χ0v) is 8.21. The highest BCUT2D eigenvalue weighted by Crippen LogP contribution is 2.38. The van der Waals surface area contributed by atoms with Crippen LogP contribution in [0.5, 0.6) is 0 Å². The molecule has 0 aromatic carbocycles. The van der Waals surface area contributed by atoms with Crippen LogP contribution in [-0.2, 0) is 0 Å². The Kier molecular flexibility index (Phi) is 2.37. The van der Waals surface area contributed by atoms with Crippen molar-refractivity contribution < 1.29 is 0 Å². The van der Waals surface area contributed by atoms with Gasteiger partial charge < -0.3 is 10.2 Å². The molecule has 3 atom stereocenters. The standard InChI is InChI=1S/C10H20N2/c1-8-5-9(8)6-12-4-3-10(7-12)11-2/h8-11H,3-7H2,1-2H3. The van der Waals surface area contributed by atoms with Crippen LogP contribution in [-0.4, -0.2) is 37.6 Å². The first kappa shape index (κ1) is 8.52. The van der Waals surface area contributed by atoms with Crippen LogP contribution in [0.25, 0.3) is 0 Å². The number of hydrogen-bond acceptors (Lipinski definition) is 2. The van der Waals surface area contributed by atoms with Crippen LogP contribution >= 0.6 is 0 Å². The van der Waals surface area contributed by atoms with Crippen LogP contribution in [0.2, 0.25) is 0 Å². The topological polar surface area (TPSA) is 15.3 Å². The van der Waals surface area contributed by atoms with Crippen molar-refractivity contribution in [3.8, 4) is 0 Å². The number of nitrogens with one attached hydrogen (secondary N) is 1. The summed E-state index contributed by atoms with van der Waals surface area (Å²) >= 11 is 0. The van der Waals surface area contributed by atoms with Gasteiger partial charge in [-0.25, -0.2) is 0 Å². The number of nitrogens with zero attached hydrogens (tertiary/aromatic N) is 1. The molecule has 0 aromatic rings. The molecule has 0 bridgehead atoms. The van der Waals surface area contributed by atoms with Gasteiger partial charge in [0.05, 0.1) is 0 Å². The third-order valence-electron chi connectivity index (χ3n) is 3.45. The minimum atomic E-state index is 0.763. The summed E-state index contributed by atoms with van der Waals surface area (Å²) in [5.74, 6) is 2.04. The first-order valence-electron chi connectivity index (χ1n) is 5.19. The molecule has 0 radical (unpaired) electrons. The molecule has 1 heterocycles. The molecule has 2 heteroatoms. The van der Waals surface area contributed by atoms with Crippen LogP contribution < -0.4 is 5.32 Å². The summed E-state index contributed by atoms with van der Waals surface area (Å²) in [6.07, 6.45) is 2.82. The molecule has 2 aliphatic rings. The van der Waals surface area contributed by atoms with E-state index in [-0.39, 0.29) is 0 Å². The molecule has 2 rings (SSSR count). The Labute approximate surface area is 75.3 Å². The van der Waals surface area contributed by atoms with Crippen molar-refractivity contribution in [3.63, 3.8) is 0 Å². The first-order chi connectivity index (χ1) is 5.79. The monoisotopic (exact) mass is 168 g/mol. The second-order valence-electron chi connectivity index (χ2n) is 4.51. The average Bonchev–Trinajstić information content (AvgIpc) is 2.61. The number of hydrogen-bond donors (Lipinski definition) is 1. The molecule has 3 unspecified atom stereocenters. The summed E-state index contributed by atoms with van der Waals surface area (Å²) in [6.45, 7) is 6.32. The number of likely N-dealkylation sites (N-methyl/N-ethyl adjacent to an activating group) is 1. The second-order valence-corrected chi connectivity index (χ2v) is 4.51. The highest BCUT2D eigenvalue weighted by molar-refractivity contribution is 4.88. The Morgan fingerprint density at radius 3 is 2.75 bits per heavy atom. The van der Waals surface area contributed by atoms with E-state index in [0.29, 0.717) is 0 Å². The van der Waals surface area contributed by atoms with Crippen molar-refractivity contribution in [1.29, 1.82) is 0 Å². The molecule has 1 saturated carbocycles. The Morgan fingerprint density at radius 2 is 2.25 bits per heavy atom. The molecular formula is C10H20N2. The average molecular weight is 168 g/mol. The minimum absolute atomic E-state index is 0.763.